The molecule has 1 fully saturated rings. The van der Waals surface area contributed by atoms with Crippen LogP contribution in [0.25, 0.3) is 0 Å². The van der Waals surface area contributed by atoms with Gasteiger partial charge < -0.3 is 14.6 Å². The Balaban J connectivity index is 1.42. The Kier molecular flexibility index (Phi) is 5.06. The van der Waals surface area contributed by atoms with E-state index in [4.69, 9.17) is 9.26 Å². The van der Waals surface area contributed by atoms with Gasteiger partial charge in [-0.15, -0.1) is 0 Å². The van der Waals surface area contributed by atoms with Crippen molar-refractivity contribution in [3.8, 4) is 5.75 Å². The molecule has 0 bridgehead atoms. The average molecular weight is 301 g/mol. The number of hydrogen-bond acceptors (Lipinski definition) is 5. The monoisotopic (exact) mass is 301 g/mol. The Morgan fingerprint density at radius 3 is 2.82 bits per heavy atom. The van der Waals surface area contributed by atoms with E-state index in [-0.39, 0.29) is 6.04 Å². The molecule has 1 aromatic carbocycles. The van der Waals surface area contributed by atoms with Crippen molar-refractivity contribution in [3.63, 3.8) is 0 Å². The van der Waals surface area contributed by atoms with E-state index in [9.17, 15) is 0 Å². The van der Waals surface area contributed by atoms with Crippen LogP contribution in [-0.2, 0) is 6.54 Å². The van der Waals surface area contributed by atoms with Crippen LogP contribution < -0.4 is 10.1 Å². The third-order valence-corrected chi connectivity index (χ3v) is 4.04. The summed E-state index contributed by atoms with van der Waals surface area (Å²) < 4.78 is 11.1. The smallest absolute Gasteiger partial charge is 0.229 e. The molecular formula is C17H23N3O2. The maximum absolute atomic E-state index is 5.72. The van der Waals surface area contributed by atoms with Crippen molar-refractivity contribution in [2.24, 2.45) is 0 Å². The molecular weight excluding hydrogens is 278 g/mol. The fraction of sp³-hybridized carbons (Fsp3) is 0.529. The fourth-order valence-electron chi connectivity index (χ4n) is 2.74. The van der Waals surface area contributed by atoms with E-state index in [2.05, 4.69) is 22.4 Å². The molecule has 5 heteroatoms. The largest absolute Gasteiger partial charge is 0.492 e. The van der Waals surface area contributed by atoms with Gasteiger partial charge >= 0.3 is 0 Å². The Morgan fingerprint density at radius 2 is 2.05 bits per heavy atom. The zero-order valence-electron chi connectivity index (χ0n) is 13.0. The van der Waals surface area contributed by atoms with Gasteiger partial charge in [0, 0.05) is 12.0 Å². The van der Waals surface area contributed by atoms with Crippen LogP contribution in [0.1, 0.15) is 50.2 Å². The number of para-hydroxylation sites is 1. The van der Waals surface area contributed by atoms with Crippen molar-refractivity contribution >= 4 is 0 Å². The van der Waals surface area contributed by atoms with Gasteiger partial charge in [-0.2, -0.15) is 4.98 Å². The third kappa shape index (κ3) is 4.07. The topological polar surface area (TPSA) is 60.2 Å². The predicted molar refractivity (Wildman–Crippen MR) is 83.7 cm³/mol. The normalized spacial score (nSPS) is 16.8. The van der Waals surface area contributed by atoms with E-state index in [0.29, 0.717) is 19.1 Å². The van der Waals surface area contributed by atoms with Gasteiger partial charge in [0.15, 0.2) is 5.82 Å². The Bertz CT molecular complexity index is 564. The molecule has 1 aromatic heterocycles. The van der Waals surface area contributed by atoms with E-state index < -0.39 is 0 Å². The Morgan fingerprint density at radius 1 is 1.27 bits per heavy atom. The lowest BCUT2D eigenvalue weighted by Gasteiger charge is -2.13. The van der Waals surface area contributed by atoms with Gasteiger partial charge in [0.05, 0.1) is 6.54 Å². The second-order valence-corrected chi connectivity index (χ2v) is 5.94. The third-order valence-electron chi connectivity index (χ3n) is 4.04. The molecule has 1 saturated carbocycles. The minimum atomic E-state index is 0.216. The zero-order chi connectivity index (χ0) is 15.2. The first-order valence-electron chi connectivity index (χ1n) is 8.05. The first kappa shape index (κ1) is 15.0. The lowest BCUT2D eigenvalue weighted by molar-refractivity contribution is 0.271. The first-order valence-corrected chi connectivity index (χ1v) is 8.05. The van der Waals surface area contributed by atoms with Crippen molar-refractivity contribution < 1.29 is 9.26 Å². The minimum Gasteiger partial charge on any atom is -0.492 e. The zero-order valence-corrected chi connectivity index (χ0v) is 13.0. The maximum atomic E-state index is 5.72. The first-order chi connectivity index (χ1) is 10.8. The molecule has 0 unspecified atom stereocenters. The standard InChI is InChI=1S/C17H23N3O2/c1-13(12-21-15-9-3-2-4-10-15)18-11-16-19-17(22-20-16)14-7-5-6-8-14/h2-4,9-10,13-14,18H,5-8,11-12H2,1H3/t13-/m1/s1. The number of ether oxygens (including phenoxy) is 1. The number of benzene rings is 1. The van der Waals surface area contributed by atoms with Gasteiger partial charge in [0.1, 0.15) is 12.4 Å². The Labute approximate surface area is 131 Å². The van der Waals surface area contributed by atoms with Crippen LogP contribution in [0.2, 0.25) is 0 Å². The summed E-state index contributed by atoms with van der Waals surface area (Å²) in [4.78, 5) is 4.50. The minimum absolute atomic E-state index is 0.216. The van der Waals surface area contributed by atoms with E-state index >= 15 is 0 Å². The van der Waals surface area contributed by atoms with Crippen molar-refractivity contribution in [2.75, 3.05) is 6.61 Å². The van der Waals surface area contributed by atoms with Crippen molar-refractivity contribution in [1.29, 1.82) is 0 Å². The molecule has 0 amide bonds. The van der Waals surface area contributed by atoms with Crippen LogP contribution in [0.15, 0.2) is 34.9 Å². The van der Waals surface area contributed by atoms with Crippen LogP contribution >= 0.6 is 0 Å². The van der Waals surface area contributed by atoms with Crippen LogP contribution in [0.3, 0.4) is 0 Å². The summed E-state index contributed by atoms with van der Waals surface area (Å²) in [6.45, 7) is 3.30. The van der Waals surface area contributed by atoms with Crippen LogP contribution in [0, 0.1) is 0 Å². The average Bonchev–Trinajstić information content (AvgIpc) is 3.22. The summed E-state index contributed by atoms with van der Waals surface area (Å²) in [7, 11) is 0. The van der Waals surface area contributed by atoms with Gasteiger partial charge in [-0.3, -0.25) is 0 Å². The second kappa shape index (κ2) is 7.40. The highest BCUT2D eigenvalue weighted by Crippen LogP contribution is 2.32. The summed E-state index contributed by atoms with van der Waals surface area (Å²) in [5.41, 5.74) is 0. The maximum Gasteiger partial charge on any atom is 0.229 e. The fourth-order valence-corrected chi connectivity index (χ4v) is 2.74. The van der Waals surface area contributed by atoms with Crippen LogP contribution in [0.5, 0.6) is 5.75 Å². The van der Waals surface area contributed by atoms with Crippen molar-refractivity contribution in [2.45, 2.75) is 51.1 Å². The van der Waals surface area contributed by atoms with Gasteiger partial charge in [-0.25, -0.2) is 0 Å². The van der Waals surface area contributed by atoms with Gasteiger partial charge in [-0.05, 0) is 31.9 Å². The molecule has 1 aliphatic carbocycles. The van der Waals surface area contributed by atoms with E-state index in [1.165, 1.54) is 25.7 Å². The highest BCUT2D eigenvalue weighted by molar-refractivity contribution is 5.20. The molecule has 0 radical (unpaired) electrons. The molecule has 1 aliphatic rings. The molecule has 0 aliphatic heterocycles. The summed E-state index contributed by atoms with van der Waals surface area (Å²) >= 11 is 0. The summed E-state index contributed by atoms with van der Waals surface area (Å²) in [5.74, 6) is 2.90. The van der Waals surface area contributed by atoms with Crippen LogP contribution in [0.4, 0.5) is 0 Å². The number of hydrogen-bond donors (Lipinski definition) is 1. The summed E-state index contributed by atoms with van der Waals surface area (Å²) in [6, 6.07) is 10.1. The van der Waals surface area contributed by atoms with Gasteiger partial charge in [0.2, 0.25) is 5.89 Å². The highest BCUT2D eigenvalue weighted by atomic mass is 16.5. The van der Waals surface area contributed by atoms with E-state index in [1.807, 2.05) is 30.3 Å². The quantitative estimate of drug-likeness (QED) is 0.850. The highest BCUT2D eigenvalue weighted by Gasteiger charge is 2.22. The molecule has 118 valence electrons. The molecule has 0 saturated heterocycles. The van der Waals surface area contributed by atoms with E-state index in [1.54, 1.807) is 0 Å². The molecule has 2 aromatic rings. The number of aromatic nitrogens is 2. The summed E-state index contributed by atoms with van der Waals surface area (Å²) in [6.07, 6.45) is 4.90. The Hall–Kier alpha value is -1.88. The summed E-state index contributed by atoms with van der Waals surface area (Å²) in [5, 5.41) is 7.42. The molecule has 1 atom stereocenters. The lowest BCUT2D eigenvalue weighted by Crippen LogP contribution is -2.31. The lowest BCUT2D eigenvalue weighted by atomic mass is 10.1. The van der Waals surface area contributed by atoms with Crippen molar-refractivity contribution in [1.82, 2.24) is 15.5 Å². The second-order valence-electron chi connectivity index (χ2n) is 5.94. The molecule has 0 spiro atoms. The molecule has 22 heavy (non-hydrogen) atoms. The molecule has 5 nitrogen and oxygen atoms in total. The van der Waals surface area contributed by atoms with Crippen LogP contribution in [-0.4, -0.2) is 22.8 Å². The number of nitrogens with zero attached hydrogens (tertiary/aromatic N) is 2. The SMILES string of the molecule is C[C@H](COc1ccccc1)NCc1noc(C2CCCC2)n1. The van der Waals surface area contributed by atoms with Gasteiger partial charge in [0.25, 0.3) is 0 Å². The van der Waals surface area contributed by atoms with E-state index in [0.717, 1.165) is 17.5 Å². The molecule has 1 N–H and O–H groups in total. The number of rotatable bonds is 7. The predicted octanol–water partition coefficient (Wildman–Crippen LogP) is 3.28. The van der Waals surface area contributed by atoms with Crippen molar-refractivity contribution in [3.05, 3.63) is 42.0 Å². The molecule has 3 rings (SSSR count). The number of nitrogens with one attached hydrogen (secondary N) is 1. The van der Waals surface area contributed by atoms with Gasteiger partial charge in [-0.1, -0.05) is 36.2 Å². The molecule has 1 heterocycles.